The van der Waals surface area contributed by atoms with Gasteiger partial charge in [0.1, 0.15) is 10.7 Å². The summed E-state index contributed by atoms with van der Waals surface area (Å²) in [4.78, 5) is 12.2. The molecule has 0 saturated heterocycles. The molecule has 0 saturated carbocycles. The van der Waals surface area contributed by atoms with E-state index in [0.29, 0.717) is 22.9 Å². The smallest absolute Gasteiger partial charge is 0.265 e. The van der Waals surface area contributed by atoms with Crippen LogP contribution >= 0.6 is 11.5 Å². The van der Waals surface area contributed by atoms with Gasteiger partial charge in [-0.05, 0) is 18.5 Å². The SMILES string of the molecule is Cc1nnsc1C(=O)NCc1cn[nH]c1N. The molecular weight excluding hydrogens is 228 g/mol. The molecule has 0 aliphatic heterocycles. The maximum atomic E-state index is 11.7. The molecule has 0 aliphatic rings. The standard InChI is InChI=1S/C8H10N6OS/c1-4-6(16-14-12-4)8(15)10-2-5-3-11-13-7(5)9/h3H,2H2,1H3,(H,10,15)(H3,9,11,13). The summed E-state index contributed by atoms with van der Waals surface area (Å²) in [5, 5.41) is 12.8. The normalized spacial score (nSPS) is 10.3. The van der Waals surface area contributed by atoms with Crippen LogP contribution in [0.25, 0.3) is 0 Å². The van der Waals surface area contributed by atoms with Crippen LogP contribution in [0.4, 0.5) is 5.82 Å². The zero-order valence-corrected chi connectivity index (χ0v) is 9.34. The number of H-pyrrole nitrogens is 1. The number of carbonyl (C=O) groups excluding carboxylic acids is 1. The fourth-order valence-corrected chi connectivity index (χ4v) is 1.73. The first kappa shape index (κ1) is 10.6. The molecule has 4 N–H and O–H groups in total. The third-order valence-electron chi connectivity index (χ3n) is 2.05. The molecule has 2 heterocycles. The number of amides is 1. The molecule has 2 aromatic heterocycles. The van der Waals surface area contributed by atoms with Crippen molar-refractivity contribution < 1.29 is 4.79 Å². The second-order valence-corrected chi connectivity index (χ2v) is 3.93. The van der Waals surface area contributed by atoms with Crippen molar-refractivity contribution >= 4 is 23.3 Å². The van der Waals surface area contributed by atoms with Crippen molar-refractivity contribution in [3.05, 3.63) is 22.3 Å². The first-order chi connectivity index (χ1) is 7.68. The Morgan fingerprint density at radius 1 is 1.69 bits per heavy atom. The van der Waals surface area contributed by atoms with E-state index in [9.17, 15) is 4.79 Å². The average molecular weight is 238 g/mol. The number of nitrogens with zero attached hydrogens (tertiary/aromatic N) is 3. The Bertz CT molecular complexity index is 504. The quantitative estimate of drug-likeness (QED) is 0.701. The zero-order valence-electron chi connectivity index (χ0n) is 8.52. The highest BCUT2D eigenvalue weighted by atomic mass is 32.1. The lowest BCUT2D eigenvalue weighted by Gasteiger charge is -2.01. The fourth-order valence-electron chi connectivity index (χ4n) is 1.16. The number of nitrogens with two attached hydrogens (primary N) is 1. The Morgan fingerprint density at radius 3 is 3.06 bits per heavy atom. The number of aromatic nitrogens is 4. The third-order valence-corrected chi connectivity index (χ3v) is 2.88. The minimum atomic E-state index is -0.201. The van der Waals surface area contributed by atoms with Gasteiger partial charge in [0.2, 0.25) is 0 Å². The van der Waals surface area contributed by atoms with Crippen LogP contribution in [-0.2, 0) is 6.54 Å². The highest BCUT2D eigenvalue weighted by Crippen LogP contribution is 2.10. The van der Waals surface area contributed by atoms with Crippen molar-refractivity contribution in [1.29, 1.82) is 0 Å². The Morgan fingerprint density at radius 2 is 2.50 bits per heavy atom. The molecule has 0 unspecified atom stereocenters. The van der Waals surface area contributed by atoms with Crippen molar-refractivity contribution in [2.75, 3.05) is 5.73 Å². The Labute approximate surface area is 95.2 Å². The van der Waals surface area contributed by atoms with E-state index in [-0.39, 0.29) is 5.91 Å². The van der Waals surface area contributed by atoms with Gasteiger partial charge in [-0.3, -0.25) is 9.89 Å². The van der Waals surface area contributed by atoms with Gasteiger partial charge >= 0.3 is 0 Å². The van der Waals surface area contributed by atoms with E-state index in [1.54, 1.807) is 13.1 Å². The summed E-state index contributed by atoms with van der Waals surface area (Å²) in [6, 6.07) is 0. The van der Waals surface area contributed by atoms with E-state index in [1.165, 1.54) is 0 Å². The maximum Gasteiger partial charge on any atom is 0.265 e. The van der Waals surface area contributed by atoms with Gasteiger partial charge in [0, 0.05) is 12.1 Å². The lowest BCUT2D eigenvalue weighted by molar-refractivity contribution is 0.0954. The molecule has 8 heteroatoms. The molecule has 1 amide bonds. The van der Waals surface area contributed by atoms with Crippen molar-refractivity contribution in [3.63, 3.8) is 0 Å². The molecule has 84 valence electrons. The summed E-state index contributed by atoms with van der Waals surface area (Å²) in [5.41, 5.74) is 6.96. The van der Waals surface area contributed by atoms with Gasteiger partial charge in [-0.1, -0.05) is 4.49 Å². The Hall–Kier alpha value is -1.96. The number of anilines is 1. The van der Waals surface area contributed by atoms with Crippen LogP contribution in [0.5, 0.6) is 0 Å². The van der Waals surface area contributed by atoms with Crippen molar-refractivity contribution in [1.82, 2.24) is 25.1 Å². The van der Waals surface area contributed by atoms with Gasteiger partial charge in [0.15, 0.2) is 0 Å². The highest BCUT2D eigenvalue weighted by molar-refractivity contribution is 7.07. The first-order valence-corrected chi connectivity index (χ1v) is 5.30. The largest absolute Gasteiger partial charge is 0.384 e. The summed E-state index contributed by atoms with van der Waals surface area (Å²) < 4.78 is 3.69. The second kappa shape index (κ2) is 4.27. The summed E-state index contributed by atoms with van der Waals surface area (Å²) in [6.45, 7) is 2.07. The third kappa shape index (κ3) is 2.01. The molecule has 16 heavy (non-hydrogen) atoms. The van der Waals surface area contributed by atoms with E-state index in [2.05, 4.69) is 25.1 Å². The summed E-state index contributed by atoms with van der Waals surface area (Å²) >= 11 is 1.07. The molecule has 0 bridgehead atoms. The zero-order chi connectivity index (χ0) is 11.5. The van der Waals surface area contributed by atoms with E-state index >= 15 is 0 Å². The topological polar surface area (TPSA) is 110 Å². The second-order valence-electron chi connectivity index (χ2n) is 3.18. The first-order valence-electron chi connectivity index (χ1n) is 4.53. The number of nitrogens with one attached hydrogen (secondary N) is 2. The van der Waals surface area contributed by atoms with Crippen LogP contribution < -0.4 is 11.1 Å². The van der Waals surface area contributed by atoms with Gasteiger partial charge < -0.3 is 11.1 Å². The Balaban J connectivity index is 1.99. The molecule has 0 atom stereocenters. The van der Waals surface area contributed by atoms with Crippen LogP contribution in [0.3, 0.4) is 0 Å². The molecule has 0 aliphatic carbocycles. The van der Waals surface area contributed by atoms with E-state index in [4.69, 9.17) is 5.73 Å². The summed E-state index contributed by atoms with van der Waals surface area (Å²) in [5.74, 6) is 0.257. The van der Waals surface area contributed by atoms with Crippen LogP contribution in [0, 0.1) is 6.92 Å². The lowest BCUT2D eigenvalue weighted by Crippen LogP contribution is -2.22. The van der Waals surface area contributed by atoms with E-state index in [0.717, 1.165) is 17.1 Å². The summed E-state index contributed by atoms with van der Waals surface area (Å²) in [6.07, 6.45) is 1.58. The number of carbonyl (C=O) groups is 1. The molecule has 7 nitrogen and oxygen atoms in total. The van der Waals surface area contributed by atoms with Gasteiger partial charge in [-0.25, -0.2) is 0 Å². The molecule has 2 aromatic rings. The van der Waals surface area contributed by atoms with Crippen molar-refractivity contribution in [2.24, 2.45) is 0 Å². The van der Waals surface area contributed by atoms with Gasteiger partial charge in [-0.2, -0.15) is 5.10 Å². The van der Waals surface area contributed by atoms with Crippen LogP contribution in [0.2, 0.25) is 0 Å². The minimum Gasteiger partial charge on any atom is -0.384 e. The van der Waals surface area contributed by atoms with Gasteiger partial charge in [0.05, 0.1) is 11.9 Å². The average Bonchev–Trinajstić information content (AvgIpc) is 2.84. The number of hydrogen-bond donors (Lipinski definition) is 3. The summed E-state index contributed by atoms with van der Waals surface area (Å²) in [7, 11) is 0. The van der Waals surface area contributed by atoms with E-state index < -0.39 is 0 Å². The molecule has 0 aromatic carbocycles. The predicted molar refractivity (Wildman–Crippen MR) is 58.8 cm³/mol. The van der Waals surface area contributed by atoms with Gasteiger partial charge in [-0.15, -0.1) is 5.10 Å². The number of rotatable bonds is 3. The number of aryl methyl sites for hydroxylation is 1. The molecule has 0 fully saturated rings. The van der Waals surface area contributed by atoms with Gasteiger partial charge in [0.25, 0.3) is 5.91 Å². The molecule has 2 rings (SSSR count). The van der Waals surface area contributed by atoms with Crippen molar-refractivity contribution in [3.8, 4) is 0 Å². The molecule has 0 spiro atoms. The Kier molecular flexibility index (Phi) is 2.82. The maximum absolute atomic E-state index is 11.7. The number of nitrogen functional groups attached to an aromatic ring is 1. The van der Waals surface area contributed by atoms with Crippen molar-refractivity contribution in [2.45, 2.75) is 13.5 Å². The number of hydrogen-bond acceptors (Lipinski definition) is 6. The van der Waals surface area contributed by atoms with Crippen LogP contribution in [-0.4, -0.2) is 25.7 Å². The van der Waals surface area contributed by atoms with Crippen LogP contribution in [0.1, 0.15) is 20.9 Å². The van der Waals surface area contributed by atoms with Crippen LogP contribution in [0.15, 0.2) is 6.20 Å². The monoisotopic (exact) mass is 238 g/mol. The highest BCUT2D eigenvalue weighted by Gasteiger charge is 2.13. The fraction of sp³-hybridized carbons (Fsp3) is 0.250. The predicted octanol–water partition coefficient (Wildman–Crippen LogP) is 0.0818. The molecular formula is C8H10N6OS. The minimum absolute atomic E-state index is 0.201. The van der Waals surface area contributed by atoms with E-state index in [1.807, 2.05) is 0 Å². The lowest BCUT2D eigenvalue weighted by atomic mass is 10.3. The molecule has 0 radical (unpaired) electrons. The number of aromatic amines is 1.